The van der Waals surface area contributed by atoms with E-state index in [-0.39, 0.29) is 5.56 Å². The van der Waals surface area contributed by atoms with Crippen molar-refractivity contribution in [3.8, 4) is 11.4 Å². The molecule has 0 saturated carbocycles. The number of H-pyrrole nitrogens is 1. The third-order valence-corrected chi connectivity index (χ3v) is 3.14. The third-order valence-electron chi connectivity index (χ3n) is 3.14. The Bertz CT molecular complexity index is 823. The van der Waals surface area contributed by atoms with Crippen LogP contribution in [0.1, 0.15) is 11.3 Å². The highest BCUT2D eigenvalue weighted by atomic mass is 16.1. The highest BCUT2D eigenvalue weighted by Crippen LogP contribution is 2.18. The minimum absolute atomic E-state index is 0.109. The molecule has 0 aliphatic heterocycles. The minimum atomic E-state index is -0.109. The van der Waals surface area contributed by atoms with E-state index < -0.39 is 0 Å². The summed E-state index contributed by atoms with van der Waals surface area (Å²) in [6, 6.07) is 5.62. The second kappa shape index (κ2) is 4.28. The van der Waals surface area contributed by atoms with E-state index in [0.29, 0.717) is 11.4 Å². The minimum Gasteiger partial charge on any atom is -0.306 e. The van der Waals surface area contributed by atoms with E-state index in [1.807, 2.05) is 25.1 Å². The summed E-state index contributed by atoms with van der Waals surface area (Å²) < 4.78 is 0. The molecule has 19 heavy (non-hydrogen) atoms. The predicted molar refractivity (Wildman–Crippen MR) is 72.9 cm³/mol. The summed E-state index contributed by atoms with van der Waals surface area (Å²) in [5.41, 5.74) is 3.69. The van der Waals surface area contributed by atoms with Gasteiger partial charge in [-0.15, -0.1) is 0 Å². The summed E-state index contributed by atoms with van der Waals surface area (Å²) >= 11 is 0. The molecule has 5 heteroatoms. The van der Waals surface area contributed by atoms with E-state index in [4.69, 9.17) is 0 Å². The molecule has 2 aromatic heterocycles. The zero-order valence-electron chi connectivity index (χ0n) is 10.6. The van der Waals surface area contributed by atoms with Crippen LogP contribution in [0.25, 0.3) is 22.4 Å². The summed E-state index contributed by atoms with van der Waals surface area (Å²) in [5, 5.41) is 0. The first kappa shape index (κ1) is 11.5. The van der Waals surface area contributed by atoms with Gasteiger partial charge in [0, 0.05) is 29.2 Å². The van der Waals surface area contributed by atoms with Crippen molar-refractivity contribution < 1.29 is 0 Å². The Morgan fingerprint density at radius 1 is 1.05 bits per heavy atom. The molecule has 3 aromatic rings. The largest absolute Gasteiger partial charge is 0.306 e. The van der Waals surface area contributed by atoms with Gasteiger partial charge in [-0.25, -0.2) is 4.98 Å². The lowest BCUT2D eigenvalue weighted by Gasteiger charge is -2.05. The number of rotatable bonds is 1. The van der Waals surface area contributed by atoms with Gasteiger partial charge in [-0.1, -0.05) is 0 Å². The first-order chi connectivity index (χ1) is 9.15. The monoisotopic (exact) mass is 252 g/mol. The molecule has 1 N–H and O–H groups in total. The van der Waals surface area contributed by atoms with Gasteiger partial charge in [0.2, 0.25) is 0 Å². The van der Waals surface area contributed by atoms with Crippen molar-refractivity contribution >= 4 is 11.0 Å². The van der Waals surface area contributed by atoms with Crippen LogP contribution in [0.15, 0.2) is 35.4 Å². The van der Waals surface area contributed by atoms with E-state index in [0.717, 1.165) is 22.3 Å². The van der Waals surface area contributed by atoms with Gasteiger partial charge in [-0.3, -0.25) is 14.8 Å². The highest BCUT2D eigenvalue weighted by Gasteiger charge is 2.07. The van der Waals surface area contributed by atoms with Crippen LogP contribution in [0.3, 0.4) is 0 Å². The van der Waals surface area contributed by atoms with Crippen LogP contribution in [0.4, 0.5) is 0 Å². The average molecular weight is 252 g/mol. The zero-order valence-corrected chi connectivity index (χ0v) is 10.6. The number of aryl methyl sites for hydroxylation is 1. The van der Waals surface area contributed by atoms with E-state index in [1.54, 1.807) is 19.3 Å². The smallest absolute Gasteiger partial charge is 0.254 e. The first-order valence-electron chi connectivity index (χ1n) is 5.94. The van der Waals surface area contributed by atoms with Crippen molar-refractivity contribution in [2.24, 2.45) is 0 Å². The normalized spacial score (nSPS) is 10.8. The van der Waals surface area contributed by atoms with Gasteiger partial charge in [-0.05, 0) is 32.0 Å². The highest BCUT2D eigenvalue weighted by molar-refractivity contribution is 5.79. The van der Waals surface area contributed by atoms with E-state index in [9.17, 15) is 4.79 Å². The molecule has 0 amide bonds. The van der Waals surface area contributed by atoms with Crippen LogP contribution in [0, 0.1) is 13.8 Å². The third kappa shape index (κ3) is 1.99. The van der Waals surface area contributed by atoms with Crippen molar-refractivity contribution in [1.29, 1.82) is 0 Å². The maximum absolute atomic E-state index is 11.8. The number of aromatic nitrogens is 4. The molecule has 94 valence electrons. The topological polar surface area (TPSA) is 71.5 Å². The maximum Gasteiger partial charge on any atom is 0.254 e. The molecule has 0 unspecified atom stereocenters. The van der Waals surface area contributed by atoms with Gasteiger partial charge in [0.1, 0.15) is 5.82 Å². The lowest BCUT2D eigenvalue weighted by Crippen LogP contribution is -2.14. The van der Waals surface area contributed by atoms with Gasteiger partial charge in [0.05, 0.1) is 11.0 Å². The van der Waals surface area contributed by atoms with Crippen LogP contribution in [-0.4, -0.2) is 19.9 Å². The van der Waals surface area contributed by atoms with Crippen molar-refractivity contribution in [3.63, 3.8) is 0 Å². The quantitative estimate of drug-likeness (QED) is 0.719. The van der Waals surface area contributed by atoms with Crippen LogP contribution >= 0.6 is 0 Å². The Labute approximate surface area is 109 Å². The summed E-state index contributed by atoms with van der Waals surface area (Å²) in [6.07, 6.45) is 3.29. The van der Waals surface area contributed by atoms with E-state index in [1.165, 1.54) is 0 Å². The molecule has 0 spiro atoms. The second-order valence-electron chi connectivity index (χ2n) is 4.38. The van der Waals surface area contributed by atoms with Crippen molar-refractivity contribution in [2.45, 2.75) is 13.8 Å². The zero-order chi connectivity index (χ0) is 13.4. The van der Waals surface area contributed by atoms with E-state index in [2.05, 4.69) is 19.9 Å². The van der Waals surface area contributed by atoms with Gasteiger partial charge in [-0.2, -0.15) is 0 Å². The van der Waals surface area contributed by atoms with Crippen LogP contribution in [-0.2, 0) is 0 Å². The maximum atomic E-state index is 11.8. The van der Waals surface area contributed by atoms with Gasteiger partial charge in [0.15, 0.2) is 0 Å². The summed E-state index contributed by atoms with van der Waals surface area (Å²) in [6.45, 7) is 3.59. The average Bonchev–Trinajstić information content (AvgIpc) is 2.43. The molecule has 0 atom stereocenters. The molecule has 3 rings (SSSR count). The van der Waals surface area contributed by atoms with Crippen molar-refractivity contribution in [3.05, 3.63) is 52.2 Å². The second-order valence-corrected chi connectivity index (χ2v) is 4.38. The summed E-state index contributed by atoms with van der Waals surface area (Å²) in [7, 11) is 0. The van der Waals surface area contributed by atoms with E-state index >= 15 is 0 Å². The molecule has 0 bridgehead atoms. The number of benzene rings is 1. The van der Waals surface area contributed by atoms with Gasteiger partial charge in [0.25, 0.3) is 5.56 Å². The van der Waals surface area contributed by atoms with Crippen molar-refractivity contribution in [1.82, 2.24) is 19.9 Å². The summed E-state index contributed by atoms with van der Waals surface area (Å²) in [4.78, 5) is 27.4. The van der Waals surface area contributed by atoms with Gasteiger partial charge < -0.3 is 4.98 Å². The lowest BCUT2D eigenvalue weighted by molar-refractivity contribution is 1.03. The van der Waals surface area contributed by atoms with Crippen LogP contribution in [0.5, 0.6) is 0 Å². The number of hydrogen-bond donors (Lipinski definition) is 1. The molecule has 1 aromatic carbocycles. The van der Waals surface area contributed by atoms with Gasteiger partial charge >= 0.3 is 0 Å². The SMILES string of the molecule is Cc1nc(-c2ccc3nccnc3c2)[nH]c(=O)c1C. The Morgan fingerprint density at radius 3 is 2.53 bits per heavy atom. The fourth-order valence-electron chi connectivity index (χ4n) is 1.89. The molecular weight excluding hydrogens is 240 g/mol. The molecule has 0 saturated heterocycles. The molecule has 0 fully saturated rings. The molecule has 2 heterocycles. The number of nitrogens with one attached hydrogen (secondary N) is 1. The lowest BCUT2D eigenvalue weighted by atomic mass is 10.1. The standard InChI is InChI=1S/C14H12N4O/c1-8-9(2)17-13(18-14(8)19)10-3-4-11-12(7-10)16-6-5-15-11/h3-7H,1-2H3,(H,17,18,19). The number of hydrogen-bond acceptors (Lipinski definition) is 4. The fraction of sp³-hybridized carbons (Fsp3) is 0.143. The molecule has 0 radical (unpaired) electrons. The van der Waals surface area contributed by atoms with Crippen LogP contribution < -0.4 is 5.56 Å². The first-order valence-corrected chi connectivity index (χ1v) is 5.94. The molecular formula is C14H12N4O. The van der Waals surface area contributed by atoms with Crippen LogP contribution in [0.2, 0.25) is 0 Å². The molecule has 5 nitrogen and oxygen atoms in total. The Hall–Kier alpha value is -2.56. The molecule has 0 aliphatic rings. The Kier molecular flexibility index (Phi) is 2.59. The Balaban J connectivity index is 2.22. The Morgan fingerprint density at radius 2 is 1.79 bits per heavy atom. The predicted octanol–water partition coefficient (Wildman–Crippen LogP) is 2.00. The fourth-order valence-corrected chi connectivity index (χ4v) is 1.89. The van der Waals surface area contributed by atoms with Crippen molar-refractivity contribution in [2.75, 3.05) is 0 Å². The number of fused-ring (bicyclic) bond motifs is 1. The molecule has 0 aliphatic carbocycles. The summed E-state index contributed by atoms with van der Waals surface area (Å²) in [5.74, 6) is 0.556. The number of aromatic amines is 1. The number of nitrogens with zero attached hydrogens (tertiary/aromatic N) is 3.